The van der Waals surface area contributed by atoms with Gasteiger partial charge in [0.2, 0.25) is 0 Å². The third-order valence-electron chi connectivity index (χ3n) is 1.13. The summed E-state index contributed by atoms with van der Waals surface area (Å²) in [7, 11) is 0. The third-order valence-corrected chi connectivity index (χ3v) is 1.35. The van der Waals surface area contributed by atoms with E-state index in [1.54, 1.807) is 13.0 Å². The van der Waals surface area contributed by atoms with Crippen molar-refractivity contribution in [2.75, 3.05) is 0 Å². The molecule has 0 aromatic heterocycles. The average molecular weight is 202 g/mol. The molecule has 0 aromatic rings. The molecule has 0 saturated heterocycles. The van der Waals surface area contributed by atoms with Crippen LogP contribution in [0.2, 0.25) is 0 Å². The monoisotopic (exact) mass is 201 g/mol. The number of rotatable bonds is 4. The normalized spacial score (nSPS) is 11.7. The number of allylic oxidation sites excluding steroid dienone is 4. The highest BCUT2D eigenvalue weighted by Crippen LogP contribution is 2.07. The molecule has 70 valence electrons. The summed E-state index contributed by atoms with van der Waals surface area (Å²) in [4.78, 5) is 20.1. The van der Waals surface area contributed by atoms with Crippen LogP contribution in [0.4, 0.5) is 0 Å². The standard InChI is InChI=1S/C8H8ClNO3/c1-3-4-7(8(9)11)5-6(2)10(12)13/h3-5H,2H2,1H3/b4-3-,7-5+. The summed E-state index contributed by atoms with van der Waals surface area (Å²) in [6, 6.07) is 0. The summed E-state index contributed by atoms with van der Waals surface area (Å²) in [6.45, 7) is 4.81. The highest BCUT2D eigenvalue weighted by molar-refractivity contribution is 6.68. The van der Waals surface area contributed by atoms with Crippen molar-refractivity contribution in [1.29, 1.82) is 0 Å². The smallest absolute Gasteiger partial charge is 0.263 e. The highest BCUT2D eigenvalue weighted by atomic mass is 35.5. The minimum atomic E-state index is -0.749. The van der Waals surface area contributed by atoms with Crippen LogP contribution in [0.5, 0.6) is 0 Å². The molecule has 4 nitrogen and oxygen atoms in total. The predicted molar refractivity (Wildman–Crippen MR) is 49.9 cm³/mol. The lowest BCUT2D eigenvalue weighted by molar-refractivity contribution is -0.418. The van der Waals surface area contributed by atoms with Crippen LogP contribution in [-0.4, -0.2) is 10.2 Å². The minimum Gasteiger partial charge on any atom is -0.276 e. The van der Waals surface area contributed by atoms with Crippen LogP contribution in [0.25, 0.3) is 0 Å². The van der Waals surface area contributed by atoms with Gasteiger partial charge < -0.3 is 0 Å². The summed E-state index contributed by atoms with van der Waals surface area (Å²) in [5, 5.41) is 9.40. The van der Waals surface area contributed by atoms with E-state index >= 15 is 0 Å². The Morgan fingerprint density at radius 1 is 1.62 bits per heavy atom. The van der Waals surface area contributed by atoms with Crippen LogP contribution in [0.3, 0.4) is 0 Å². The number of hydrogen-bond acceptors (Lipinski definition) is 3. The molecule has 0 heterocycles. The second-order valence-corrected chi connectivity index (χ2v) is 2.47. The molecule has 5 heteroatoms. The number of carbonyl (C=O) groups excluding carboxylic acids is 1. The molecule has 0 aliphatic heterocycles. The van der Waals surface area contributed by atoms with Gasteiger partial charge in [-0.3, -0.25) is 14.9 Å². The molecule has 0 amide bonds. The van der Waals surface area contributed by atoms with Crippen molar-refractivity contribution in [3.05, 3.63) is 46.2 Å². The molecule has 0 radical (unpaired) electrons. The van der Waals surface area contributed by atoms with Gasteiger partial charge in [-0.05, 0) is 25.1 Å². The Balaban J connectivity index is 4.84. The molecule has 0 atom stereocenters. The van der Waals surface area contributed by atoms with E-state index in [0.29, 0.717) is 0 Å². The van der Waals surface area contributed by atoms with Crippen molar-refractivity contribution in [2.24, 2.45) is 0 Å². The Bertz CT molecular complexity index is 305. The maximum atomic E-state index is 10.7. The molecule has 13 heavy (non-hydrogen) atoms. The van der Waals surface area contributed by atoms with Crippen molar-refractivity contribution >= 4 is 16.8 Å². The molecular weight excluding hydrogens is 194 g/mol. The molecule has 0 unspecified atom stereocenters. The first kappa shape index (κ1) is 11.6. The quantitative estimate of drug-likeness (QED) is 0.230. The summed E-state index contributed by atoms with van der Waals surface area (Å²) in [6.07, 6.45) is 3.96. The van der Waals surface area contributed by atoms with Gasteiger partial charge in [0, 0.05) is 11.6 Å². The molecule has 0 aliphatic carbocycles. The van der Waals surface area contributed by atoms with Crippen LogP contribution in [0.1, 0.15) is 6.92 Å². The van der Waals surface area contributed by atoms with Crippen molar-refractivity contribution < 1.29 is 9.72 Å². The largest absolute Gasteiger partial charge is 0.276 e. The zero-order valence-electron chi connectivity index (χ0n) is 6.99. The Morgan fingerprint density at radius 3 is 2.46 bits per heavy atom. The van der Waals surface area contributed by atoms with E-state index in [0.717, 1.165) is 6.08 Å². The molecule has 0 N–H and O–H groups in total. The fourth-order valence-corrected chi connectivity index (χ4v) is 0.700. The Morgan fingerprint density at radius 2 is 2.15 bits per heavy atom. The van der Waals surface area contributed by atoms with Crippen LogP contribution < -0.4 is 0 Å². The zero-order valence-corrected chi connectivity index (χ0v) is 7.75. The van der Waals surface area contributed by atoms with Crippen molar-refractivity contribution in [3.8, 4) is 0 Å². The lowest BCUT2D eigenvalue weighted by Gasteiger charge is -1.92. The Kier molecular flexibility index (Phi) is 4.69. The Labute approximate surface area is 80.3 Å². The van der Waals surface area contributed by atoms with Gasteiger partial charge in [0.1, 0.15) is 0 Å². The number of halogens is 1. The summed E-state index contributed by atoms with van der Waals surface area (Å²) in [5.41, 5.74) is -0.326. The van der Waals surface area contributed by atoms with Crippen LogP contribution >= 0.6 is 11.6 Å². The van der Waals surface area contributed by atoms with Gasteiger partial charge in [-0.2, -0.15) is 0 Å². The molecule has 0 bridgehead atoms. The molecule has 0 spiro atoms. The lowest BCUT2D eigenvalue weighted by Crippen LogP contribution is -1.97. The van der Waals surface area contributed by atoms with Crippen LogP contribution in [0, 0.1) is 10.1 Å². The minimum absolute atomic E-state index is 0.0471. The molecule has 0 rings (SSSR count). The van der Waals surface area contributed by atoms with Crippen molar-refractivity contribution in [3.63, 3.8) is 0 Å². The third kappa shape index (κ3) is 4.22. The summed E-state index contributed by atoms with van der Waals surface area (Å²) >= 11 is 5.15. The first-order valence-corrected chi connectivity index (χ1v) is 3.74. The summed E-state index contributed by atoms with van der Waals surface area (Å²) < 4.78 is 0. The van der Waals surface area contributed by atoms with Gasteiger partial charge in [-0.15, -0.1) is 0 Å². The van der Waals surface area contributed by atoms with Crippen molar-refractivity contribution in [2.45, 2.75) is 6.92 Å². The average Bonchev–Trinajstić information content (AvgIpc) is 2.03. The first-order valence-electron chi connectivity index (χ1n) is 3.36. The van der Waals surface area contributed by atoms with Gasteiger partial charge >= 0.3 is 0 Å². The molecule has 0 aliphatic rings. The summed E-state index contributed by atoms with van der Waals surface area (Å²) in [5.74, 6) is 0. The van der Waals surface area contributed by atoms with E-state index in [1.807, 2.05) is 0 Å². The van der Waals surface area contributed by atoms with E-state index < -0.39 is 10.2 Å². The van der Waals surface area contributed by atoms with Crippen molar-refractivity contribution in [1.82, 2.24) is 0 Å². The fraction of sp³-hybridized carbons (Fsp3) is 0.125. The van der Waals surface area contributed by atoms with Crippen LogP contribution in [0.15, 0.2) is 36.1 Å². The van der Waals surface area contributed by atoms with E-state index in [-0.39, 0.29) is 11.3 Å². The molecule has 0 saturated carbocycles. The van der Waals surface area contributed by atoms with E-state index in [1.165, 1.54) is 6.08 Å². The van der Waals surface area contributed by atoms with Gasteiger partial charge in [0.15, 0.2) is 0 Å². The maximum absolute atomic E-state index is 10.7. The molecule has 0 fully saturated rings. The highest BCUT2D eigenvalue weighted by Gasteiger charge is 2.08. The maximum Gasteiger partial charge on any atom is 0.263 e. The van der Waals surface area contributed by atoms with Crippen LogP contribution in [-0.2, 0) is 4.79 Å². The Hall–Kier alpha value is -1.42. The van der Waals surface area contributed by atoms with E-state index in [4.69, 9.17) is 11.6 Å². The van der Waals surface area contributed by atoms with E-state index in [2.05, 4.69) is 6.58 Å². The fourth-order valence-electron chi connectivity index (χ4n) is 0.582. The van der Waals surface area contributed by atoms with Gasteiger partial charge in [0.05, 0.1) is 4.92 Å². The van der Waals surface area contributed by atoms with Gasteiger partial charge in [0.25, 0.3) is 10.9 Å². The second kappa shape index (κ2) is 5.27. The molecule has 0 aromatic carbocycles. The number of hydrogen-bond donors (Lipinski definition) is 0. The SMILES string of the molecule is C=C(/C=C(\C=C/C)C(=O)Cl)[N+](=O)[O-]. The van der Waals surface area contributed by atoms with E-state index in [9.17, 15) is 14.9 Å². The topological polar surface area (TPSA) is 60.2 Å². The second-order valence-electron chi connectivity index (χ2n) is 2.12. The number of nitro groups is 1. The molecular formula is C8H8ClNO3. The zero-order chi connectivity index (χ0) is 10.4. The lowest BCUT2D eigenvalue weighted by atomic mass is 10.2. The number of carbonyl (C=O) groups is 1. The number of nitrogens with zero attached hydrogens (tertiary/aromatic N) is 1. The van der Waals surface area contributed by atoms with Gasteiger partial charge in [-0.25, -0.2) is 0 Å². The van der Waals surface area contributed by atoms with Gasteiger partial charge in [-0.1, -0.05) is 12.2 Å². The first-order chi connectivity index (χ1) is 5.99. The predicted octanol–water partition coefficient (Wildman–Crippen LogP) is 2.04.